The Hall–Kier alpha value is -1.23. The van der Waals surface area contributed by atoms with Gasteiger partial charge in [0.2, 0.25) is 0 Å². The second kappa shape index (κ2) is 8.57. The Kier molecular flexibility index (Phi) is 6.75. The molecule has 0 unspecified atom stereocenters. The Labute approximate surface area is 150 Å². The molecule has 0 aliphatic heterocycles. The summed E-state index contributed by atoms with van der Waals surface area (Å²) >= 11 is 13.7. The number of hydrogen-bond donors (Lipinski definition) is 0. The third-order valence-corrected chi connectivity index (χ3v) is 4.85. The van der Waals surface area contributed by atoms with E-state index in [4.69, 9.17) is 27.9 Å². The van der Waals surface area contributed by atoms with E-state index >= 15 is 0 Å². The normalized spacial score (nSPS) is 10.6. The fourth-order valence-electron chi connectivity index (χ4n) is 2.07. The van der Waals surface area contributed by atoms with Gasteiger partial charge in [0, 0.05) is 24.0 Å². The molecule has 0 radical (unpaired) electrons. The van der Waals surface area contributed by atoms with Crippen molar-refractivity contribution in [2.24, 2.45) is 0 Å². The van der Waals surface area contributed by atoms with Crippen molar-refractivity contribution >= 4 is 46.2 Å². The zero-order valence-electron chi connectivity index (χ0n) is 13.1. The highest BCUT2D eigenvalue weighted by Crippen LogP contribution is 2.31. The number of carbonyl (C=O) groups is 1. The van der Waals surface area contributed by atoms with Crippen LogP contribution >= 0.6 is 34.5 Å². The molecule has 1 aromatic heterocycles. The lowest BCUT2D eigenvalue weighted by Gasteiger charge is -2.19. The Bertz CT molecular complexity index is 672. The average molecular weight is 372 g/mol. The summed E-state index contributed by atoms with van der Waals surface area (Å²) in [6, 6.07) is 9.33. The maximum absolute atomic E-state index is 11.7. The molecule has 0 N–H and O–H groups in total. The molecule has 0 spiro atoms. The molecule has 0 atom stereocenters. The molecule has 0 bridgehead atoms. The van der Waals surface area contributed by atoms with Gasteiger partial charge in [0.05, 0.1) is 15.9 Å². The largest absolute Gasteiger partial charge is 0.425 e. The van der Waals surface area contributed by atoms with E-state index in [1.165, 1.54) is 4.88 Å². The summed E-state index contributed by atoms with van der Waals surface area (Å²) in [7, 11) is 1.98. The van der Waals surface area contributed by atoms with Gasteiger partial charge in [-0.05, 0) is 36.8 Å². The number of rotatable bonds is 7. The highest BCUT2D eigenvalue weighted by atomic mass is 35.5. The van der Waals surface area contributed by atoms with Crippen LogP contribution in [0.3, 0.4) is 0 Å². The zero-order chi connectivity index (χ0) is 16.8. The molecule has 0 aliphatic carbocycles. The molecule has 2 aromatic rings. The number of nitrogens with zero attached hydrogens (tertiary/aromatic N) is 1. The minimum atomic E-state index is -0.247. The molecule has 23 heavy (non-hydrogen) atoms. The quantitative estimate of drug-likeness (QED) is 0.455. The number of ether oxygens (including phenoxy) is 1. The molecule has 2 rings (SSSR count). The third-order valence-electron chi connectivity index (χ3n) is 3.34. The van der Waals surface area contributed by atoms with Gasteiger partial charge in [-0.15, -0.1) is 11.3 Å². The van der Waals surface area contributed by atoms with Crippen molar-refractivity contribution in [3.8, 4) is 5.75 Å². The van der Waals surface area contributed by atoms with E-state index in [0.717, 1.165) is 29.4 Å². The third kappa shape index (κ3) is 5.41. The Balaban J connectivity index is 2.01. The molecule has 124 valence electrons. The van der Waals surface area contributed by atoms with Crippen molar-refractivity contribution in [2.45, 2.75) is 32.7 Å². The Morgan fingerprint density at radius 1 is 1.26 bits per heavy atom. The lowest BCUT2D eigenvalue weighted by atomic mass is 10.2. The summed E-state index contributed by atoms with van der Waals surface area (Å²) in [6.07, 6.45) is 2.19. The lowest BCUT2D eigenvalue weighted by Crippen LogP contribution is -2.15. The summed E-state index contributed by atoms with van der Waals surface area (Å²) in [4.78, 5) is 14.9. The molecule has 6 heteroatoms. The molecule has 0 fully saturated rings. The second-order valence-electron chi connectivity index (χ2n) is 5.25. The van der Waals surface area contributed by atoms with Gasteiger partial charge in [-0.25, -0.2) is 0 Å². The number of benzene rings is 1. The second-order valence-corrected chi connectivity index (χ2v) is 7.46. The standard InChI is InChI=1S/C17H19Cl2NO2S/c1-3-4-5-17(21)22-15-8-6-12(10-14(15)18)20(2)11-13-7-9-16(19)23-13/h6-10H,3-5,11H2,1-2H3. The number of hydrogen-bond acceptors (Lipinski definition) is 4. The molecule has 0 amide bonds. The smallest absolute Gasteiger partial charge is 0.311 e. The summed E-state index contributed by atoms with van der Waals surface area (Å²) < 4.78 is 6.08. The monoisotopic (exact) mass is 371 g/mol. The van der Waals surface area contributed by atoms with E-state index in [9.17, 15) is 4.79 Å². The van der Waals surface area contributed by atoms with Crippen LogP contribution < -0.4 is 9.64 Å². The van der Waals surface area contributed by atoms with Crippen molar-refractivity contribution in [2.75, 3.05) is 11.9 Å². The first-order valence-corrected chi connectivity index (χ1v) is 9.02. The molecular weight excluding hydrogens is 353 g/mol. The van der Waals surface area contributed by atoms with Crippen LogP contribution in [0.25, 0.3) is 0 Å². The first-order valence-electron chi connectivity index (χ1n) is 7.45. The van der Waals surface area contributed by atoms with Gasteiger partial charge in [-0.2, -0.15) is 0 Å². The van der Waals surface area contributed by atoms with E-state index in [-0.39, 0.29) is 5.97 Å². The van der Waals surface area contributed by atoms with Crippen molar-refractivity contribution in [1.29, 1.82) is 0 Å². The molecule has 3 nitrogen and oxygen atoms in total. The number of carbonyl (C=O) groups excluding carboxylic acids is 1. The van der Waals surface area contributed by atoms with Crippen LogP contribution in [-0.4, -0.2) is 13.0 Å². The highest BCUT2D eigenvalue weighted by Gasteiger charge is 2.11. The van der Waals surface area contributed by atoms with Crippen LogP contribution in [0.15, 0.2) is 30.3 Å². The predicted octanol–water partition coefficient (Wildman–Crippen LogP) is 5.79. The van der Waals surface area contributed by atoms with E-state index < -0.39 is 0 Å². The van der Waals surface area contributed by atoms with Gasteiger partial charge in [-0.3, -0.25) is 4.79 Å². The van der Waals surface area contributed by atoms with Crippen LogP contribution in [0.1, 0.15) is 31.1 Å². The number of halogens is 2. The number of esters is 1. The summed E-state index contributed by atoms with van der Waals surface area (Å²) in [6.45, 7) is 2.77. The number of unbranched alkanes of at least 4 members (excludes halogenated alkanes) is 1. The summed E-state index contributed by atoms with van der Waals surface area (Å²) in [5.41, 5.74) is 0.952. The minimum Gasteiger partial charge on any atom is -0.425 e. The Morgan fingerprint density at radius 3 is 2.65 bits per heavy atom. The lowest BCUT2D eigenvalue weighted by molar-refractivity contribution is -0.134. The van der Waals surface area contributed by atoms with Gasteiger partial charge in [0.15, 0.2) is 0 Å². The van der Waals surface area contributed by atoms with E-state index in [2.05, 4.69) is 4.90 Å². The fourth-order valence-corrected chi connectivity index (χ4v) is 3.42. The number of thiophene rings is 1. The van der Waals surface area contributed by atoms with Crippen LogP contribution in [0, 0.1) is 0 Å². The van der Waals surface area contributed by atoms with Gasteiger partial charge in [0.25, 0.3) is 0 Å². The molecule has 0 aliphatic rings. The van der Waals surface area contributed by atoms with E-state index in [0.29, 0.717) is 17.2 Å². The zero-order valence-corrected chi connectivity index (χ0v) is 15.5. The minimum absolute atomic E-state index is 0.247. The Morgan fingerprint density at radius 2 is 2.04 bits per heavy atom. The van der Waals surface area contributed by atoms with Gasteiger partial charge < -0.3 is 9.64 Å². The molecule has 0 saturated carbocycles. The summed E-state index contributed by atoms with van der Waals surface area (Å²) in [5.74, 6) is 0.159. The van der Waals surface area contributed by atoms with E-state index in [1.807, 2.05) is 32.2 Å². The van der Waals surface area contributed by atoms with Crippen molar-refractivity contribution < 1.29 is 9.53 Å². The maximum atomic E-state index is 11.7. The molecular formula is C17H19Cl2NO2S. The molecule has 0 saturated heterocycles. The highest BCUT2D eigenvalue weighted by molar-refractivity contribution is 7.16. The van der Waals surface area contributed by atoms with Crippen molar-refractivity contribution in [1.82, 2.24) is 0 Å². The molecule has 1 heterocycles. The fraction of sp³-hybridized carbons (Fsp3) is 0.353. The summed E-state index contributed by atoms with van der Waals surface area (Å²) in [5, 5.41) is 0.434. The van der Waals surface area contributed by atoms with Crippen LogP contribution in [-0.2, 0) is 11.3 Å². The average Bonchev–Trinajstić information content (AvgIpc) is 2.92. The van der Waals surface area contributed by atoms with Crippen LogP contribution in [0.2, 0.25) is 9.36 Å². The van der Waals surface area contributed by atoms with E-state index in [1.54, 1.807) is 23.5 Å². The van der Waals surface area contributed by atoms with Crippen LogP contribution in [0.5, 0.6) is 5.75 Å². The predicted molar refractivity (Wildman–Crippen MR) is 98.0 cm³/mol. The maximum Gasteiger partial charge on any atom is 0.311 e. The van der Waals surface area contributed by atoms with Gasteiger partial charge >= 0.3 is 5.97 Å². The first-order chi connectivity index (χ1) is 11.0. The topological polar surface area (TPSA) is 29.5 Å². The SMILES string of the molecule is CCCCC(=O)Oc1ccc(N(C)Cc2ccc(Cl)s2)cc1Cl. The van der Waals surface area contributed by atoms with Gasteiger partial charge in [0.1, 0.15) is 5.75 Å². The van der Waals surface area contributed by atoms with Gasteiger partial charge in [-0.1, -0.05) is 36.5 Å². The number of anilines is 1. The van der Waals surface area contributed by atoms with Crippen molar-refractivity contribution in [3.05, 3.63) is 44.6 Å². The van der Waals surface area contributed by atoms with Crippen LogP contribution in [0.4, 0.5) is 5.69 Å². The molecule has 1 aromatic carbocycles. The first kappa shape index (κ1) is 18.1. The van der Waals surface area contributed by atoms with Crippen molar-refractivity contribution in [3.63, 3.8) is 0 Å².